The first-order chi connectivity index (χ1) is 7.15. The van der Waals surface area contributed by atoms with Gasteiger partial charge in [-0.05, 0) is 12.8 Å². The molecule has 94 valence electrons. The molecule has 0 aromatic rings. The Bertz CT molecular complexity index is 278. The van der Waals surface area contributed by atoms with E-state index >= 15 is 0 Å². The van der Waals surface area contributed by atoms with Crippen molar-refractivity contribution >= 4 is 5.97 Å². The van der Waals surface area contributed by atoms with Gasteiger partial charge in [0.15, 0.2) is 0 Å². The molecule has 1 aliphatic rings. The Morgan fingerprint density at radius 1 is 1.00 bits per heavy atom. The van der Waals surface area contributed by atoms with Crippen molar-refractivity contribution in [2.75, 3.05) is 0 Å². The first kappa shape index (κ1) is 13.2. The molecule has 1 fully saturated rings. The van der Waals surface area contributed by atoms with Gasteiger partial charge in [-0.2, -0.15) is 22.0 Å². The van der Waals surface area contributed by atoms with Crippen molar-refractivity contribution in [1.29, 1.82) is 0 Å². The van der Waals surface area contributed by atoms with Gasteiger partial charge in [-0.15, -0.1) is 0 Å². The monoisotopic (exact) mass is 246 g/mol. The van der Waals surface area contributed by atoms with Crippen molar-refractivity contribution < 1.29 is 31.9 Å². The lowest BCUT2D eigenvalue weighted by atomic mass is 9.69. The SMILES string of the molecule is O=C(O)C1(C(F)(F)C(F)(F)F)CCCCC1. The van der Waals surface area contributed by atoms with Crippen molar-refractivity contribution in [2.45, 2.75) is 44.2 Å². The molecule has 0 heterocycles. The molecular formula is C9H11F5O2. The Kier molecular flexibility index (Phi) is 3.17. The predicted molar refractivity (Wildman–Crippen MR) is 44.2 cm³/mol. The normalized spacial score (nSPS) is 21.8. The summed E-state index contributed by atoms with van der Waals surface area (Å²) in [7, 11) is 0. The van der Waals surface area contributed by atoms with Crippen LogP contribution in [0.3, 0.4) is 0 Å². The maximum absolute atomic E-state index is 13.2. The summed E-state index contributed by atoms with van der Waals surface area (Å²) in [6.07, 6.45) is -6.43. The summed E-state index contributed by atoms with van der Waals surface area (Å²) in [4.78, 5) is 10.8. The molecule has 1 rings (SSSR count). The van der Waals surface area contributed by atoms with E-state index in [1.807, 2.05) is 0 Å². The lowest BCUT2D eigenvalue weighted by Gasteiger charge is -2.40. The van der Waals surface area contributed by atoms with E-state index in [-0.39, 0.29) is 12.8 Å². The lowest BCUT2D eigenvalue weighted by molar-refractivity contribution is -0.327. The van der Waals surface area contributed by atoms with Crippen LogP contribution in [0.2, 0.25) is 0 Å². The van der Waals surface area contributed by atoms with Crippen LogP contribution >= 0.6 is 0 Å². The third-order valence-electron chi connectivity index (χ3n) is 3.07. The highest BCUT2D eigenvalue weighted by Gasteiger charge is 2.72. The molecule has 16 heavy (non-hydrogen) atoms. The zero-order chi connectivity index (χ0) is 12.6. The van der Waals surface area contributed by atoms with E-state index in [9.17, 15) is 26.7 Å². The Hall–Kier alpha value is -0.880. The minimum Gasteiger partial charge on any atom is -0.481 e. The third kappa shape index (κ3) is 1.76. The van der Waals surface area contributed by atoms with Crippen LogP contribution in [0, 0.1) is 5.41 Å². The molecule has 0 unspecified atom stereocenters. The van der Waals surface area contributed by atoms with Crippen LogP contribution in [0.15, 0.2) is 0 Å². The highest BCUT2D eigenvalue weighted by molar-refractivity contribution is 5.76. The molecule has 0 saturated heterocycles. The van der Waals surface area contributed by atoms with Crippen LogP contribution in [0.1, 0.15) is 32.1 Å². The van der Waals surface area contributed by atoms with E-state index < -0.39 is 36.3 Å². The average molecular weight is 246 g/mol. The summed E-state index contributed by atoms with van der Waals surface area (Å²) < 4.78 is 63.1. The molecule has 0 amide bonds. The zero-order valence-corrected chi connectivity index (χ0v) is 8.28. The predicted octanol–water partition coefficient (Wildman–Crippen LogP) is 3.22. The quantitative estimate of drug-likeness (QED) is 0.759. The second-order valence-electron chi connectivity index (χ2n) is 4.02. The summed E-state index contributed by atoms with van der Waals surface area (Å²) in [5, 5.41) is 8.71. The highest BCUT2D eigenvalue weighted by Crippen LogP contribution is 2.55. The molecule has 2 nitrogen and oxygen atoms in total. The van der Waals surface area contributed by atoms with Crippen LogP contribution < -0.4 is 0 Å². The van der Waals surface area contributed by atoms with Gasteiger partial charge in [0.1, 0.15) is 5.41 Å². The van der Waals surface area contributed by atoms with Gasteiger partial charge in [-0.25, -0.2) is 0 Å². The van der Waals surface area contributed by atoms with Crippen molar-refractivity contribution in [3.63, 3.8) is 0 Å². The minimum absolute atomic E-state index is 0.0813. The van der Waals surface area contributed by atoms with Gasteiger partial charge in [-0.1, -0.05) is 19.3 Å². The van der Waals surface area contributed by atoms with Crippen molar-refractivity contribution in [2.24, 2.45) is 5.41 Å². The van der Waals surface area contributed by atoms with Gasteiger partial charge in [0.05, 0.1) is 0 Å². The molecule has 0 atom stereocenters. The minimum atomic E-state index is -5.82. The second kappa shape index (κ2) is 3.85. The number of carboxylic acid groups (broad SMARTS) is 1. The first-order valence-electron chi connectivity index (χ1n) is 4.83. The number of carbonyl (C=O) groups is 1. The second-order valence-corrected chi connectivity index (χ2v) is 4.02. The Balaban J connectivity index is 3.15. The van der Waals surface area contributed by atoms with Crippen LogP contribution in [0.5, 0.6) is 0 Å². The summed E-state index contributed by atoms with van der Waals surface area (Å²) in [5.41, 5.74) is -2.98. The van der Waals surface area contributed by atoms with Gasteiger partial charge in [0.2, 0.25) is 0 Å². The lowest BCUT2D eigenvalue weighted by Crippen LogP contribution is -2.56. The van der Waals surface area contributed by atoms with E-state index in [1.165, 1.54) is 0 Å². The number of carboxylic acids is 1. The topological polar surface area (TPSA) is 37.3 Å². The van der Waals surface area contributed by atoms with Crippen LogP contribution in [0.4, 0.5) is 22.0 Å². The zero-order valence-electron chi connectivity index (χ0n) is 8.28. The fourth-order valence-electron chi connectivity index (χ4n) is 2.09. The Morgan fingerprint density at radius 2 is 1.44 bits per heavy atom. The smallest absolute Gasteiger partial charge is 0.454 e. The summed E-state index contributed by atoms with van der Waals surface area (Å²) in [6, 6.07) is 0. The molecule has 0 bridgehead atoms. The fourth-order valence-corrected chi connectivity index (χ4v) is 2.09. The number of rotatable bonds is 2. The van der Waals surface area contributed by atoms with Crippen LogP contribution in [-0.2, 0) is 4.79 Å². The van der Waals surface area contributed by atoms with E-state index in [4.69, 9.17) is 5.11 Å². The maximum atomic E-state index is 13.2. The molecule has 1 aliphatic carbocycles. The number of hydrogen-bond acceptors (Lipinski definition) is 1. The number of hydrogen-bond donors (Lipinski definition) is 1. The molecule has 0 spiro atoms. The van der Waals surface area contributed by atoms with Gasteiger partial charge in [0, 0.05) is 0 Å². The molecule has 7 heteroatoms. The first-order valence-corrected chi connectivity index (χ1v) is 4.83. The van der Waals surface area contributed by atoms with Crippen LogP contribution in [0.25, 0.3) is 0 Å². The largest absolute Gasteiger partial charge is 0.481 e. The molecule has 0 aliphatic heterocycles. The number of aliphatic carboxylic acids is 1. The summed E-state index contributed by atoms with van der Waals surface area (Å²) in [5.74, 6) is -7.23. The maximum Gasteiger partial charge on any atom is 0.454 e. The summed E-state index contributed by atoms with van der Waals surface area (Å²) >= 11 is 0. The van der Waals surface area contributed by atoms with Gasteiger partial charge < -0.3 is 5.11 Å². The van der Waals surface area contributed by atoms with Crippen molar-refractivity contribution in [3.8, 4) is 0 Å². The third-order valence-corrected chi connectivity index (χ3v) is 3.07. The van der Waals surface area contributed by atoms with E-state index in [2.05, 4.69) is 0 Å². The molecular weight excluding hydrogens is 235 g/mol. The average Bonchev–Trinajstić information content (AvgIpc) is 2.16. The molecule has 1 N–H and O–H groups in total. The van der Waals surface area contributed by atoms with E-state index in [1.54, 1.807) is 0 Å². The van der Waals surface area contributed by atoms with Gasteiger partial charge in [0.25, 0.3) is 0 Å². The fraction of sp³-hybridized carbons (Fsp3) is 0.889. The highest BCUT2D eigenvalue weighted by atomic mass is 19.4. The molecule has 0 radical (unpaired) electrons. The number of halogens is 5. The van der Waals surface area contributed by atoms with Crippen molar-refractivity contribution in [3.05, 3.63) is 0 Å². The van der Waals surface area contributed by atoms with Crippen LogP contribution in [-0.4, -0.2) is 23.2 Å². The standard InChI is InChI=1S/C9H11F5O2/c10-8(11,9(12,13)14)7(6(15)16)4-2-1-3-5-7/h1-5H2,(H,15,16). The van der Waals surface area contributed by atoms with E-state index in [0.29, 0.717) is 6.42 Å². The summed E-state index contributed by atoms with van der Waals surface area (Å²) in [6.45, 7) is 0. The molecule has 0 aromatic heterocycles. The molecule has 1 saturated carbocycles. The Morgan fingerprint density at radius 3 is 1.75 bits per heavy atom. The number of alkyl halides is 5. The van der Waals surface area contributed by atoms with E-state index in [0.717, 1.165) is 0 Å². The molecule has 0 aromatic carbocycles. The van der Waals surface area contributed by atoms with Gasteiger partial charge in [-0.3, -0.25) is 4.79 Å². The Labute approximate surface area is 88.4 Å². The van der Waals surface area contributed by atoms with Gasteiger partial charge >= 0.3 is 18.1 Å². The van der Waals surface area contributed by atoms with Crippen molar-refractivity contribution in [1.82, 2.24) is 0 Å².